The minimum atomic E-state index is -0.973. The minimum absolute atomic E-state index is 0.226. The van der Waals surface area contributed by atoms with E-state index in [0.717, 1.165) is 34.0 Å². The van der Waals surface area contributed by atoms with Crippen molar-refractivity contribution in [3.05, 3.63) is 174 Å². The lowest BCUT2D eigenvalue weighted by atomic mass is 10.0. The third-order valence-corrected chi connectivity index (χ3v) is 10.9. The second-order valence-corrected chi connectivity index (χ2v) is 14.4. The molecule has 2 amide bonds. The number of carbonyl (C=O) groups excluding carboxylic acids is 4. The Hall–Kier alpha value is -5.14. The first-order chi connectivity index (χ1) is 25.8. The van der Waals surface area contributed by atoms with Gasteiger partial charge in [-0.1, -0.05) is 73.4 Å². The molecule has 0 atom stereocenters. The normalized spacial score (nSPS) is 10.7. The number of aryl methyl sites for hydroxylation is 2. The summed E-state index contributed by atoms with van der Waals surface area (Å²) in [4.78, 5) is 52.3. The first-order valence-corrected chi connectivity index (χ1v) is 18.6. The Bertz CT molecular complexity index is 2190. The van der Waals surface area contributed by atoms with Crippen LogP contribution in [0.2, 0.25) is 10.0 Å². The molecule has 0 aliphatic carbocycles. The predicted octanol–water partition coefficient (Wildman–Crippen LogP) is 11.5. The lowest BCUT2D eigenvalue weighted by molar-refractivity contribution is 0.100. The van der Waals surface area contributed by atoms with E-state index in [9.17, 15) is 36.7 Å². The lowest BCUT2D eigenvalue weighted by Gasteiger charge is -2.08. The molecule has 0 spiro atoms. The number of carbonyl (C=O) groups is 4. The molecule has 2 aromatic heterocycles. The summed E-state index contributed by atoms with van der Waals surface area (Å²) >= 11 is 14.6. The van der Waals surface area contributed by atoms with Crippen LogP contribution in [0.1, 0.15) is 76.2 Å². The number of hydrogen-bond donors (Lipinski definition) is 2. The van der Waals surface area contributed by atoms with Gasteiger partial charge in [-0.2, -0.15) is 0 Å². The summed E-state index contributed by atoms with van der Waals surface area (Å²) in [5, 5.41) is 5.95. The second-order valence-electron chi connectivity index (χ2n) is 11.3. The van der Waals surface area contributed by atoms with Crippen LogP contribution in [0.4, 0.5) is 27.6 Å². The first kappa shape index (κ1) is 40.1. The van der Waals surface area contributed by atoms with E-state index in [2.05, 4.69) is 10.6 Å². The van der Waals surface area contributed by atoms with Gasteiger partial charge in [-0.3, -0.25) is 19.2 Å². The van der Waals surface area contributed by atoms with Crippen molar-refractivity contribution in [3.63, 3.8) is 0 Å². The van der Waals surface area contributed by atoms with E-state index >= 15 is 0 Å². The van der Waals surface area contributed by atoms with Crippen molar-refractivity contribution >= 4 is 79.3 Å². The molecule has 0 bridgehead atoms. The van der Waals surface area contributed by atoms with Crippen molar-refractivity contribution in [2.75, 3.05) is 10.6 Å². The second kappa shape index (κ2) is 17.8. The molecule has 0 radical (unpaired) electrons. The third-order valence-electron chi connectivity index (χ3n) is 7.82. The minimum Gasteiger partial charge on any atom is -0.313 e. The average Bonchev–Trinajstić information content (AvgIpc) is 3.75. The van der Waals surface area contributed by atoms with Crippen LogP contribution in [0.3, 0.4) is 0 Å². The molecule has 0 fully saturated rings. The molecule has 14 heteroatoms. The van der Waals surface area contributed by atoms with E-state index in [1.54, 1.807) is 60.7 Å². The quantitative estimate of drug-likeness (QED) is 0.106. The van der Waals surface area contributed by atoms with Crippen molar-refractivity contribution in [3.8, 4) is 0 Å². The number of thiophene rings is 2. The SMILES string of the molecule is CCc1cc(C(=O)c2ccccc2Cl)c(NC(=O)c2c(F)cccc2F)s1.CCc1cc(C(=O)c2ccccc2Cl)c(NC(=O)c2c(F)cccc2F)s1. The summed E-state index contributed by atoms with van der Waals surface area (Å²) < 4.78 is 55.5. The third kappa shape index (κ3) is 8.96. The van der Waals surface area contributed by atoms with Gasteiger partial charge >= 0.3 is 0 Å². The van der Waals surface area contributed by atoms with Crippen molar-refractivity contribution in [2.45, 2.75) is 26.7 Å². The van der Waals surface area contributed by atoms with E-state index in [1.807, 2.05) is 13.8 Å². The number of rotatable bonds is 10. The molecular weight excluding hydrogens is 783 g/mol. The van der Waals surface area contributed by atoms with Gasteiger partial charge in [0.05, 0.1) is 21.2 Å². The van der Waals surface area contributed by atoms with Gasteiger partial charge in [-0.25, -0.2) is 17.6 Å². The smallest absolute Gasteiger partial charge is 0.262 e. The van der Waals surface area contributed by atoms with Crippen molar-refractivity contribution in [1.82, 2.24) is 0 Å². The van der Waals surface area contributed by atoms with Crippen LogP contribution in [0.5, 0.6) is 0 Å². The predicted molar refractivity (Wildman–Crippen MR) is 206 cm³/mol. The Morgan fingerprint density at radius 3 is 1.17 bits per heavy atom. The van der Waals surface area contributed by atoms with E-state index in [4.69, 9.17) is 23.2 Å². The van der Waals surface area contributed by atoms with Crippen LogP contribution < -0.4 is 10.6 Å². The number of nitrogens with one attached hydrogen (secondary N) is 2. The maximum atomic E-state index is 13.9. The molecule has 2 heterocycles. The number of hydrogen-bond acceptors (Lipinski definition) is 6. The molecule has 6 nitrogen and oxygen atoms in total. The number of benzene rings is 4. The molecule has 0 saturated heterocycles. The highest BCUT2D eigenvalue weighted by Gasteiger charge is 2.25. The summed E-state index contributed by atoms with van der Waals surface area (Å²) in [5.41, 5.74) is -0.357. The zero-order valence-corrected chi connectivity index (χ0v) is 31.5. The van der Waals surface area contributed by atoms with Gasteiger partial charge in [-0.15, -0.1) is 22.7 Å². The molecule has 2 N–H and O–H groups in total. The topological polar surface area (TPSA) is 92.3 Å². The summed E-state index contributed by atoms with van der Waals surface area (Å²) in [5.74, 6) is -6.55. The fourth-order valence-electron chi connectivity index (χ4n) is 5.10. The maximum Gasteiger partial charge on any atom is 0.262 e. The van der Waals surface area contributed by atoms with E-state index in [0.29, 0.717) is 12.8 Å². The zero-order valence-electron chi connectivity index (χ0n) is 28.4. The van der Waals surface area contributed by atoms with Crippen LogP contribution in [-0.2, 0) is 12.8 Å². The molecule has 6 aromatic rings. The summed E-state index contributed by atoms with van der Waals surface area (Å²) in [6.45, 7) is 3.80. The highest BCUT2D eigenvalue weighted by atomic mass is 35.5. The molecule has 0 aliphatic heterocycles. The van der Waals surface area contributed by atoms with Crippen LogP contribution in [0.15, 0.2) is 97.1 Å². The van der Waals surface area contributed by atoms with Gasteiger partial charge in [0.15, 0.2) is 11.6 Å². The largest absolute Gasteiger partial charge is 0.313 e. The number of ketones is 2. The first-order valence-electron chi connectivity index (χ1n) is 16.2. The van der Waals surface area contributed by atoms with Gasteiger partial charge in [0.1, 0.15) is 44.4 Å². The van der Waals surface area contributed by atoms with Crippen molar-refractivity contribution < 1.29 is 36.7 Å². The number of amides is 2. The summed E-state index contributed by atoms with van der Waals surface area (Å²) in [6, 6.07) is 22.8. The Morgan fingerprint density at radius 2 is 0.852 bits per heavy atom. The molecule has 6 rings (SSSR count). The van der Waals surface area contributed by atoms with E-state index in [1.165, 1.54) is 34.8 Å². The summed E-state index contributed by atoms with van der Waals surface area (Å²) in [7, 11) is 0. The zero-order chi connectivity index (χ0) is 39.1. The lowest BCUT2D eigenvalue weighted by Crippen LogP contribution is -2.17. The highest BCUT2D eigenvalue weighted by Crippen LogP contribution is 2.34. The molecule has 0 saturated carbocycles. The van der Waals surface area contributed by atoms with Crippen LogP contribution >= 0.6 is 45.9 Å². The van der Waals surface area contributed by atoms with E-state index in [-0.39, 0.29) is 53.9 Å². The Balaban J connectivity index is 0.000000208. The van der Waals surface area contributed by atoms with Crippen LogP contribution in [0.25, 0.3) is 0 Å². The molecular formula is C40H28Cl2F4N2O4S2. The van der Waals surface area contributed by atoms with E-state index < -0.39 is 46.2 Å². The van der Waals surface area contributed by atoms with Gasteiger partial charge in [0, 0.05) is 20.9 Å². The molecule has 276 valence electrons. The van der Waals surface area contributed by atoms with Gasteiger partial charge in [-0.05, 0) is 73.5 Å². The standard InChI is InChI=1S/2C20H14ClF2NO2S/c2*1-2-11-10-13(18(25)12-6-3-4-7-14(12)21)20(27-11)24-19(26)17-15(22)8-5-9-16(17)23/h2*3-10H,2H2,1H3,(H,24,26). The maximum absolute atomic E-state index is 13.9. The number of anilines is 2. The average molecular weight is 812 g/mol. The Morgan fingerprint density at radius 1 is 0.519 bits per heavy atom. The fourth-order valence-corrected chi connectivity index (χ4v) is 7.52. The number of halogens is 6. The van der Waals surface area contributed by atoms with Crippen LogP contribution in [-0.4, -0.2) is 23.4 Å². The summed E-state index contributed by atoms with van der Waals surface area (Å²) in [6.07, 6.45) is 1.27. The van der Waals surface area contributed by atoms with Gasteiger partial charge < -0.3 is 10.6 Å². The molecule has 0 aliphatic rings. The monoisotopic (exact) mass is 810 g/mol. The highest BCUT2D eigenvalue weighted by molar-refractivity contribution is 7.17. The molecule has 4 aromatic carbocycles. The van der Waals surface area contributed by atoms with Crippen LogP contribution in [0, 0.1) is 23.3 Å². The van der Waals surface area contributed by atoms with Crippen molar-refractivity contribution in [1.29, 1.82) is 0 Å². The Kier molecular flexibility index (Phi) is 13.2. The van der Waals surface area contributed by atoms with Gasteiger partial charge in [0.2, 0.25) is 0 Å². The van der Waals surface area contributed by atoms with Crippen molar-refractivity contribution in [2.24, 2.45) is 0 Å². The van der Waals surface area contributed by atoms with Gasteiger partial charge in [0.25, 0.3) is 11.8 Å². The Labute approximate surface area is 325 Å². The molecule has 54 heavy (non-hydrogen) atoms. The fraction of sp³-hybridized carbons (Fsp3) is 0.100. The molecule has 0 unspecified atom stereocenters.